The van der Waals surface area contributed by atoms with Crippen LogP contribution in [0.4, 0.5) is 0 Å². The van der Waals surface area contributed by atoms with Crippen molar-refractivity contribution in [1.29, 1.82) is 0 Å². The fourth-order valence-corrected chi connectivity index (χ4v) is 1.71. The van der Waals surface area contributed by atoms with Crippen LogP contribution in [0.1, 0.15) is 11.3 Å². The van der Waals surface area contributed by atoms with Gasteiger partial charge in [0.05, 0.1) is 6.26 Å². The van der Waals surface area contributed by atoms with Crippen LogP contribution in [0.15, 0.2) is 63.8 Å². The maximum absolute atomic E-state index is 11.7. The molecule has 0 atom stereocenters. The third-order valence-corrected chi connectivity index (χ3v) is 2.55. The van der Waals surface area contributed by atoms with Crippen LogP contribution in [0.3, 0.4) is 0 Å². The highest BCUT2D eigenvalue weighted by atomic mass is 16.3. The second kappa shape index (κ2) is 4.33. The Morgan fingerprint density at radius 2 is 1.94 bits per heavy atom. The minimum atomic E-state index is -0.217. The molecular formula is C14H10N2O2. The molecule has 18 heavy (non-hydrogen) atoms. The molecule has 0 spiro atoms. The van der Waals surface area contributed by atoms with Crippen LogP contribution in [0.5, 0.6) is 0 Å². The molecule has 0 saturated carbocycles. The quantitative estimate of drug-likeness (QED) is 0.815. The fourth-order valence-electron chi connectivity index (χ4n) is 1.71. The Labute approximate surface area is 104 Å². The van der Waals surface area contributed by atoms with Crippen LogP contribution in [-0.2, 0) is 4.79 Å². The van der Waals surface area contributed by atoms with Crippen LogP contribution >= 0.6 is 0 Å². The van der Waals surface area contributed by atoms with Gasteiger partial charge in [-0.3, -0.25) is 4.79 Å². The molecule has 2 heterocycles. The van der Waals surface area contributed by atoms with Crippen molar-refractivity contribution in [1.82, 2.24) is 5.32 Å². The van der Waals surface area contributed by atoms with Crippen molar-refractivity contribution in [3.8, 4) is 0 Å². The summed E-state index contributed by atoms with van der Waals surface area (Å²) >= 11 is 0. The maximum atomic E-state index is 11.7. The third-order valence-electron chi connectivity index (χ3n) is 2.55. The number of aliphatic imine (C=N–C) groups is 1. The summed E-state index contributed by atoms with van der Waals surface area (Å²) in [5.74, 6) is 0.789. The molecule has 1 aromatic carbocycles. The van der Waals surface area contributed by atoms with Crippen LogP contribution in [0.2, 0.25) is 0 Å². The molecule has 0 saturated heterocycles. The minimum absolute atomic E-state index is 0.217. The highest BCUT2D eigenvalue weighted by Crippen LogP contribution is 2.14. The zero-order chi connectivity index (χ0) is 12.4. The number of nitrogens with zero attached hydrogens (tertiary/aromatic N) is 1. The number of hydrogen-bond acceptors (Lipinski definition) is 3. The first-order valence-corrected chi connectivity index (χ1v) is 5.53. The highest BCUT2D eigenvalue weighted by Gasteiger charge is 2.22. The molecule has 1 amide bonds. The van der Waals surface area contributed by atoms with Crippen molar-refractivity contribution < 1.29 is 9.21 Å². The zero-order valence-electron chi connectivity index (χ0n) is 9.46. The van der Waals surface area contributed by atoms with Gasteiger partial charge in [0, 0.05) is 0 Å². The Morgan fingerprint density at radius 3 is 2.67 bits per heavy atom. The topological polar surface area (TPSA) is 54.6 Å². The lowest BCUT2D eigenvalue weighted by Crippen LogP contribution is -2.24. The van der Waals surface area contributed by atoms with Crippen LogP contribution < -0.4 is 5.32 Å². The molecule has 1 N–H and O–H groups in total. The zero-order valence-corrected chi connectivity index (χ0v) is 9.46. The molecular weight excluding hydrogens is 228 g/mol. The van der Waals surface area contributed by atoms with Crippen molar-refractivity contribution in [2.24, 2.45) is 4.99 Å². The summed E-state index contributed by atoms with van der Waals surface area (Å²) in [4.78, 5) is 16.0. The number of nitrogens with one attached hydrogen (secondary N) is 1. The van der Waals surface area contributed by atoms with Gasteiger partial charge in [0.2, 0.25) is 0 Å². The van der Waals surface area contributed by atoms with Gasteiger partial charge in [-0.25, -0.2) is 4.99 Å². The molecule has 1 aromatic heterocycles. The number of hydrogen-bond donors (Lipinski definition) is 1. The van der Waals surface area contributed by atoms with Gasteiger partial charge in [-0.1, -0.05) is 30.3 Å². The Balaban J connectivity index is 1.94. The molecule has 4 nitrogen and oxygen atoms in total. The smallest absolute Gasteiger partial charge is 0.275 e. The summed E-state index contributed by atoms with van der Waals surface area (Å²) in [5.41, 5.74) is 1.32. The summed E-state index contributed by atoms with van der Waals surface area (Å²) in [5, 5.41) is 2.68. The summed E-state index contributed by atoms with van der Waals surface area (Å²) in [6, 6.07) is 13.1. The van der Waals surface area contributed by atoms with Gasteiger partial charge in [-0.05, 0) is 23.8 Å². The van der Waals surface area contributed by atoms with Gasteiger partial charge in [-0.15, -0.1) is 0 Å². The summed E-state index contributed by atoms with van der Waals surface area (Å²) in [7, 11) is 0. The minimum Gasteiger partial charge on any atom is -0.461 e. The molecule has 0 radical (unpaired) electrons. The van der Waals surface area contributed by atoms with Crippen molar-refractivity contribution in [2.75, 3.05) is 0 Å². The van der Waals surface area contributed by atoms with E-state index >= 15 is 0 Å². The lowest BCUT2D eigenvalue weighted by Gasteiger charge is -1.93. The molecule has 0 unspecified atom stereocenters. The van der Waals surface area contributed by atoms with E-state index < -0.39 is 0 Å². The second-order valence-corrected chi connectivity index (χ2v) is 3.83. The van der Waals surface area contributed by atoms with Gasteiger partial charge in [0.25, 0.3) is 5.91 Å². The number of furan rings is 1. The highest BCUT2D eigenvalue weighted by molar-refractivity contribution is 6.18. The van der Waals surface area contributed by atoms with Crippen molar-refractivity contribution >= 4 is 17.8 Å². The van der Waals surface area contributed by atoms with Gasteiger partial charge < -0.3 is 9.73 Å². The molecule has 4 heteroatoms. The van der Waals surface area contributed by atoms with Crippen LogP contribution in [0, 0.1) is 0 Å². The van der Waals surface area contributed by atoms with E-state index in [1.54, 1.807) is 24.5 Å². The largest absolute Gasteiger partial charge is 0.461 e. The first-order valence-electron chi connectivity index (χ1n) is 5.53. The van der Waals surface area contributed by atoms with Crippen molar-refractivity contribution in [3.05, 3.63) is 65.7 Å². The molecule has 1 aliphatic rings. The predicted octanol–water partition coefficient (Wildman–Crippen LogP) is 2.20. The molecule has 0 fully saturated rings. The van der Waals surface area contributed by atoms with E-state index in [4.69, 9.17) is 4.42 Å². The number of amidine groups is 1. The monoisotopic (exact) mass is 238 g/mol. The summed E-state index contributed by atoms with van der Waals surface area (Å²) in [6.45, 7) is 0. The average molecular weight is 238 g/mol. The first kappa shape index (κ1) is 10.5. The first-order chi connectivity index (χ1) is 8.83. The Bertz CT molecular complexity index is 625. The SMILES string of the molecule is O=C1NC(c2ccco2)=N/C1=C\c1ccccc1. The van der Waals surface area contributed by atoms with E-state index in [1.807, 2.05) is 30.3 Å². The Kier molecular flexibility index (Phi) is 2.53. The number of amides is 1. The van der Waals surface area contributed by atoms with Gasteiger partial charge in [-0.2, -0.15) is 0 Å². The Morgan fingerprint density at radius 1 is 1.11 bits per heavy atom. The van der Waals surface area contributed by atoms with Gasteiger partial charge in [0.15, 0.2) is 11.6 Å². The normalized spacial score (nSPS) is 16.8. The van der Waals surface area contributed by atoms with E-state index in [0.29, 0.717) is 17.3 Å². The second-order valence-electron chi connectivity index (χ2n) is 3.83. The molecule has 88 valence electrons. The van der Waals surface area contributed by atoms with Gasteiger partial charge in [0.1, 0.15) is 5.70 Å². The number of carbonyl (C=O) groups excluding carboxylic acids is 1. The van der Waals surface area contributed by atoms with Crippen molar-refractivity contribution in [2.45, 2.75) is 0 Å². The predicted molar refractivity (Wildman–Crippen MR) is 67.8 cm³/mol. The third kappa shape index (κ3) is 1.96. The maximum Gasteiger partial charge on any atom is 0.275 e. The van der Waals surface area contributed by atoms with E-state index in [1.165, 1.54) is 0 Å². The fraction of sp³-hybridized carbons (Fsp3) is 0. The molecule has 3 rings (SSSR count). The van der Waals surface area contributed by atoms with E-state index in [0.717, 1.165) is 5.56 Å². The molecule has 1 aliphatic heterocycles. The molecule has 0 bridgehead atoms. The number of carbonyl (C=O) groups is 1. The summed E-state index contributed by atoms with van der Waals surface area (Å²) in [6.07, 6.45) is 3.29. The lowest BCUT2D eigenvalue weighted by atomic mass is 10.2. The average Bonchev–Trinajstić information content (AvgIpc) is 3.01. The van der Waals surface area contributed by atoms with Gasteiger partial charge >= 0.3 is 0 Å². The standard InChI is InChI=1S/C14H10N2O2/c17-14-11(9-10-5-2-1-3-6-10)15-13(16-14)12-7-4-8-18-12/h1-9H,(H,15,16,17)/b11-9-. The summed E-state index contributed by atoms with van der Waals surface area (Å²) < 4.78 is 5.19. The van der Waals surface area contributed by atoms with Crippen LogP contribution in [0.25, 0.3) is 6.08 Å². The number of rotatable bonds is 2. The van der Waals surface area contributed by atoms with E-state index in [2.05, 4.69) is 10.3 Å². The number of benzene rings is 1. The Hall–Kier alpha value is -2.62. The molecule has 0 aliphatic carbocycles. The lowest BCUT2D eigenvalue weighted by molar-refractivity contribution is -0.115. The van der Waals surface area contributed by atoms with E-state index in [-0.39, 0.29) is 5.91 Å². The molecule has 2 aromatic rings. The van der Waals surface area contributed by atoms with E-state index in [9.17, 15) is 4.79 Å². The van der Waals surface area contributed by atoms with Crippen molar-refractivity contribution in [3.63, 3.8) is 0 Å². The van der Waals surface area contributed by atoms with Crippen LogP contribution in [-0.4, -0.2) is 11.7 Å².